The van der Waals surface area contributed by atoms with Crippen LogP contribution in [-0.4, -0.2) is 48.2 Å². The molecule has 1 aromatic carbocycles. The number of rotatable bonds is 5. The van der Waals surface area contributed by atoms with Crippen molar-refractivity contribution in [2.75, 3.05) is 32.1 Å². The number of hydrogen-bond acceptors (Lipinski definition) is 6. The number of anilines is 1. The van der Waals surface area contributed by atoms with Crippen molar-refractivity contribution in [2.24, 2.45) is 0 Å². The molecule has 0 spiro atoms. The first-order chi connectivity index (χ1) is 12.2. The first kappa shape index (κ1) is 17.2. The molecule has 2 heterocycles. The Hall–Kier alpha value is -2.65. The Morgan fingerprint density at radius 3 is 2.60 bits per heavy atom. The molecule has 6 nitrogen and oxygen atoms in total. The van der Waals surface area contributed by atoms with Gasteiger partial charge in [-0.25, -0.2) is 4.98 Å². The van der Waals surface area contributed by atoms with Gasteiger partial charge in [-0.3, -0.25) is 4.90 Å². The summed E-state index contributed by atoms with van der Waals surface area (Å²) in [7, 11) is 3.76. The van der Waals surface area contributed by atoms with E-state index in [4.69, 9.17) is 10.00 Å². The van der Waals surface area contributed by atoms with Crippen molar-refractivity contribution in [1.29, 1.82) is 5.26 Å². The fourth-order valence-corrected chi connectivity index (χ4v) is 3.24. The van der Waals surface area contributed by atoms with Gasteiger partial charge in [-0.1, -0.05) is 12.1 Å². The molecule has 1 aromatic heterocycles. The minimum Gasteiger partial charge on any atom is -0.467 e. The number of benzene rings is 1. The second kappa shape index (κ2) is 7.95. The van der Waals surface area contributed by atoms with E-state index in [9.17, 15) is 0 Å². The molecule has 130 valence electrons. The fourth-order valence-electron chi connectivity index (χ4n) is 3.24. The average Bonchev–Trinajstić information content (AvgIpc) is 2.68. The lowest BCUT2D eigenvalue weighted by atomic mass is 10.0. The van der Waals surface area contributed by atoms with Gasteiger partial charge in [-0.05, 0) is 43.7 Å². The summed E-state index contributed by atoms with van der Waals surface area (Å²) in [6.07, 6.45) is 3.93. The molecule has 25 heavy (non-hydrogen) atoms. The Labute approximate surface area is 148 Å². The minimum atomic E-state index is 0.414. The monoisotopic (exact) mass is 337 g/mol. The summed E-state index contributed by atoms with van der Waals surface area (Å²) in [6.45, 7) is 2.85. The van der Waals surface area contributed by atoms with Gasteiger partial charge in [0.05, 0.1) is 18.7 Å². The summed E-state index contributed by atoms with van der Waals surface area (Å²) < 4.78 is 5.11. The molecule has 6 heteroatoms. The van der Waals surface area contributed by atoms with Crippen LogP contribution in [0.5, 0.6) is 6.01 Å². The van der Waals surface area contributed by atoms with Crippen LogP contribution in [0, 0.1) is 11.3 Å². The van der Waals surface area contributed by atoms with E-state index in [1.54, 1.807) is 13.3 Å². The van der Waals surface area contributed by atoms with E-state index in [1.807, 2.05) is 30.3 Å². The number of piperidine rings is 1. The molecule has 0 saturated carbocycles. The lowest BCUT2D eigenvalue weighted by Gasteiger charge is -2.37. The number of ether oxygens (including phenoxy) is 1. The smallest absolute Gasteiger partial charge is 0.318 e. The van der Waals surface area contributed by atoms with Crippen molar-refractivity contribution in [2.45, 2.75) is 25.4 Å². The van der Waals surface area contributed by atoms with Gasteiger partial charge in [0.2, 0.25) is 0 Å². The Morgan fingerprint density at radius 2 is 1.96 bits per heavy atom. The molecule has 0 bridgehead atoms. The number of hydrogen-bond donors (Lipinski definition) is 0. The number of nitrogens with zero attached hydrogens (tertiary/aromatic N) is 5. The van der Waals surface area contributed by atoms with Crippen LogP contribution in [0.2, 0.25) is 0 Å². The number of aromatic nitrogens is 2. The quantitative estimate of drug-likeness (QED) is 0.835. The topological polar surface area (TPSA) is 65.3 Å². The maximum atomic E-state index is 8.88. The Bertz CT molecular complexity index is 732. The van der Waals surface area contributed by atoms with Gasteiger partial charge in [0.15, 0.2) is 0 Å². The van der Waals surface area contributed by atoms with Crippen molar-refractivity contribution in [3.63, 3.8) is 0 Å². The molecular weight excluding hydrogens is 314 g/mol. The van der Waals surface area contributed by atoms with E-state index in [-0.39, 0.29) is 0 Å². The van der Waals surface area contributed by atoms with E-state index in [2.05, 4.69) is 32.9 Å². The third-order valence-corrected chi connectivity index (χ3v) is 4.73. The number of nitriles is 1. The molecule has 1 aliphatic rings. The van der Waals surface area contributed by atoms with E-state index >= 15 is 0 Å². The summed E-state index contributed by atoms with van der Waals surface area (Å²) in [5.41, 5.74) is 1.95. The van der Waals surface area contributed by atoms with E-state index in [0.717, 1.165) is 38.3 Å². The van der Waals surface area contributed by atoms with Crippen LogP contribution in [0.4, 0.5) is 5.82 Å². The highest BCUT2D eigenvalue weighted by atomic mass is 16.5. The molecule has 3 rings (SSSR count). The van der Waals surface area contributed by atoms with E-state index < -0.39 is 0 Å². The van der Waals surface area contributed by atoms with Gasteiger partial charge in [0.25, 0.3) is 0 Å². The van der Waals surface area contributed by atoms with Gasteiger partial charge in [0, 0.05) is 31.9 Å². The normalized spacial score (nSPS) is 15.2. The highest BCUT2D eigenvalue weighted by molar-refractivity contribution is 5.39. The molecule has 0 N–H and O–H groups in total. The SMILES string of the molecule is COc1nccc(N2CCC(N(C)Cc3ccc(C#N)cc3)CC2)n1. The Morgan fingerprint density at radius 1 is 1.24 bits per heavy atom. The zero-order chi connectivity index (χ0) is 17.6. The highest BCUT2D eigenvalue weighted by Gasteiger charge is 2.23. The molecule has 0 atom stereocenters. The predicted octanol–water partition coefficient (Wildman–Crippen LogP) is 2.46. The van der Waals surface area contributed by atoms with Gasteiger partial charge in [-0.15, -0.1) is 0 Å². The van der Waals surface area contributed by atoms with Gasteiger partial charge >= 0.3 is 6.01 Å². The number of methoxy groups -OCH3 is 1. The summed E-state index contributed by atoms with van der Waals surface area (Å²) >= 11 is 0. The molecular formula is C19H23N5O. The average molecular weight is 337 g/mol. The van der Waals surface area contributed by atoms with E-state index in [1.165, 1.54) is 5.56 Å². The lowest BCUT2D eigenvalue weighted by Crippen LogP contribution is -2.43. The maximum absolute atomic E-state index is 8.88. The summed E-state index contributed by atoms with van der Waals surface area (Å²) in [4.78, 5) is 13.2. The fraction of sp³-hybridized carbons (Fsp3) is 0.421. The van der Waals surface area contributed by atoms with Gasteiger partial charge < -0.3 is 9.64 Å². The standard InChI is InChI=1S/C19H23N5O/c1-23(14-16-5-3-15(13-20)4-6-16)17-8-11-24(12-9-17)18-7-10-21-19(22-18)25-2/h3-7,10,17H,8-9,11-12,14H2,1-2H3. The Balaban J connectivity index is 1.55. The zero-order valence-electron chi connectivity index (χ0n) is 14.7. The van der Waals surface area contributed by atoms with Crippen molar-refractivity contribution < 1.29 is 4.74 Å². The molecule has 1 saturated heterocycles. The van der Waals surface area contributed by atoms with Crippen molar-refractivity contribution >= 4 is 5.82 Å². The molecule has 0 amide bonds. The van der Waals surface area contributed by atoms with Crippen molar-refractivity contribution in [1.82, 2.24) is 14.9 Å². The minimum absolute atomic E-state index is 0.414. The Kier molecular flexibility index (Phi) is 5.46. The van der Waals surface area contributed by atoms with Crippen LogP contribution in [0.15, 0.2) is 36.5 Å². The summed E-state index contributed by atoms with van der Waals surface area (Å²) in [5.74, 6) is 0.931. The predicted molar refractivity (Wildman–Crippen MR) is 96.4 cm³/mol. The molecule has 1 aliphatic heterocycles. The summed E-state index contributed by atoms with van der Waals surface area (Å²) in [5, 5.41) is 8.88. The zero-order valence-corrected chi connectivity index (χ0v) is 14.7. The second-order valence-electron chi connectivity index (χ2n) is 6.34. The largest absolute Gasteiger partial charge is 0.467 e. The third kappa shape index (κ3) is 4.25. The van der Waals surface area contributed by atoms with Gasteiger partial charge in [0.1, 0.15) is 5.82 Å². The molecule has 1 fully saturated rings. The van der Waals surface area contributed by atoms with Crippen molar-refractivity contribution in [3.05, 3.63) is 47.7 Å². The van der Waals surface area contributed by atoms with Crippen LogP contribution < -0.4 is 9.64 Å². The first-order valence-corrected chi connectivity index (χ1v) is 8.51. The molecule has 2 aromatic rings. The molecule has 0 radical (unpaired) electrons. The van der Waals surface area contributed by atoms with E-state index in [0.29, 0.717) is 17.6 Å². The molecule has 0 aliphatic carbocycles. The van der Waals surface area contributed by atoms with Crippen LogP contribution >= 0.6 is 0 Å². The van der Waals surface area contributed by atoms with Crippen molar-refractivity contribution in [3.8, 4) is 12.1 Å². The summed E-state index contributed by atoms with van der Waals surface area (Å²) in [6, 6.07) is 12.9. The third-order valence-electron chi connectivity index (χ3n) is 4.73. The second-order valence-corrected chi connectivity index (χ2v) is 6.34. The van der Waals surface area contributed by atoms with Crippen LogP contribution in [0.1, 0.15) is 24.0 Å². The first-order valence-electron chi connectivity index (χ1n) is 8.51. The lowest BCUT2D eigenvalue weighted by molar-refractivity contribution is 0.200. The molecule has 0 unspecified atom stereocenters. The highest BCUT2D eigenvalue weighted by Crippen LogP contribution is 2.22. The van der Waals surface area contributed by atoms with Crippen LogP contribution in [-0.2, 0) is 6.54 Å². The maximum Gasteiger partial charge on any atom is 0.318 e. The van der Waals surface area contributed by atoms with Crippen LogP contribution in [0.3, 0.4) is 0 Å². The van der Waals surface area contributed by atoms with Gasteiger partial charge in [-0.2, -0.15) is 10.2 Å². The van der Waals surface area contributed by atoms with Crippen LogP contribution in [0.25, 0.3) is 0 Å².